The van der Waals surface area contributed by atoms with E-state index in [1.54, 1.807) is 4.31 Å². The lowest BCUT2D eigenvalue weighted by Gasteiger charge is -2.38. The van der Waals surface area contributed by atoms with Gasteiger partial charge in [0.25, 0.3) is 0 Å². The Labute approximate surface area is 111 Å². The molecule has 0 bridgehead atoms. The van der Waals surface area contributed by atoms with Crippen molar-refractivity contribution >= 4 is 10.0 Å². The largest absolute Gasteiger partial charge is 0.313 e. The first-order chi connectivity index (χ1) is 8.53. The van der Waals surface area contributed by atoms with Crippen LogP contribution in [0.4, 0.5) is 0 Å². The molecule has 2 fully saturated rings. The molecule has 2 rings (SSSR count). The molecule has 1 heterocycles. The van der Waals surface area contributed by atoms with Crippen molar-refractivity contribution in [2.45, 2.75) is 38.8 Å². The van der Waals surface area contributed by atoms with Gasteiger partial charge in [0.15, 0.2) is 0 Å². The number of sulfonamides is 1. The topological polar surface area (TPSA) is 52.7 Å². The summed E-state index contributed by atoms with van der Waals surface area (Å²) in [5, 5.41) is 3.27. The van der Waals surface area contributed by atoms with Crippen LogP contribution in [-0.4, -0.2) is 68.2 Å². The quantitative estimate of drug-likeness (QED) is 0.747. The fourth-order valence-corrected chi connectivity index (χ4v) is 3.93. The van der Waals surface area contributed by atoms with Gasteiger partial charge in [0.05, 0.1) is 5.75 Å². The molecule has 0 aromatic carbocycles. The minimum absolute atomic E-state index is 0.238. The van der Waals surface area contributed by atoms with Crippen LogP contribution in [-0.2, 0) is 10.0 Å². The first-order valence-electron chi connectivity index (χ1n) is 6.98. The second kappa shape index (κ2) is 5.86. The molecule has 1 unspecified atom stereocenters. The van der Waals surface area contributed by atoms with E-state index in [0.717, 1.165) is 13.1 Å². The van der Waals surface area contributed by atoms with E-state index in [-0.39, 0.29) is 5.75 Å². The molecule has 18 heavy (non-hydrogen) atoms. The Balaban J connectivity index is 1.81. The molecule has 1 aliphatic heterocycles. The van der Waals surface area contributed by atoms with Gasteiger partial charge in [-0.15, -0.1) is 0 Å². The molecule has 1 N–H and O–H groups in total. The summed E-state index contributed by atoms with van der Waals surface area (Å²) in [5.41, 5.74) is 0. The predicted octanol–water partition coefficient (Wildman–Crippen LogP) is 0.0942. The summed E-state index contributed by atoms with van der Waals surface area (Å²) in [6.45, 7) is 7.96. The number of nitrogens with one attached hydrogen (secondary N) is 1. The normalized spacial score (nSPS) is 27.6. The van der Waals surface area contributed by atoms with E-state index in [1.165, 1.54) is 12.8 Å². The van der Waals surface area contributed by atoms with Gasteiger partial charge in [-0.05, 0) is 26.3 Å². The van der Waals surface area contributed by atoms with Gasteiger partial charge in [0.2, 0.25) is 10.0 Å². The molecular weight excluding hydrogens is 250 g/mol. The minimum atomic E-state index is -3.07. The van der Waals surface area contributed by atoms with E-state index < -0.39 is 10.0 Å². The number of hydrogen-bond acceptors (Lipinski definition) is 4. The number of nitrogens with zero attached hydrogens (tertiary/aromatic N) is 2. The third-order valence-corrected chi connectivity index (χ3v) is 5.74. The standard InChI is InChI=1S/C12H25N3O2S/c1-3-14-7-8-15(10-11(14)2)18(16,17)9-6-13-12-4-5-12/h11-13H,3-10H2,1-2H3. The number of rotatable bonds is 6. The Morgan fingerprint density at radius 2 is 2.00 bits per heavy atom. The van der Waals surface area contributed by atoms with Crippen LogP contribution in [0, 0.1) is 0 Å². The monoisotopic (exact) mass is 275 g/mol. The van der Waals surface area contributed by atoms with Crippen LogP contribution in [0.3, 0.4) is 0 Å². The van der Waals surface area contributed by atoms with Gasteiger partial charge in [-0.3, -0.25) is 4.90 Å². The molecule has 5 nitrogen and oxygen atoms in total. The highest BCUT2D eigenvalue weighted by Crippen LogP contribution is 2.18. The first kappa shape index (κ1) is 14.2. The maximum Gasteiger partial charge on any atom is 0.215 e. The molecule has 0 aromatic rings. The zero-order valence-electron chi connectivity index (χ0n) is 11.4. The number of piperazine rings is 1. The van der Waals surface area contributed by atoms with E-state index in [0.29, 0.717) is 31.7 Å². The van der Waals surface area contributed by atoms with Gasteiger partial charge in [-0.2, -0.15) is 4.31 Å². The van der Waals surface area contributed by atoms with Crippen LogP contribution >= 0.6 is 0 Å². The van der Waals surface area contributed by atoms with Gasteiger partial charge in [-0.25, -0.2) is 8.42 Å². The van der Waals surface area contributed by atoms with Crippen LogP contribution in [0.1, 0.15) is 26.7 Å². The van der Waals surface area contributed by atoms with Crippen molar-refractivity contribution in [1.82, 2.24) is 14.5 Å². The average molecular weight is 275 g/mol. The molecule has 1 aliphatic carbocycles. The third kappa shape index (κ3) is 3.66. The lowest BCUT2D eigenvalue weighted by molar-refractivity contribution is 0.135. The molecule has 0 spiro atoms. The lowest BCUT2D eigenvalue weighted by Crippen LogP contribution is -2.54. The number of hydrogen-bond donors (Lipinski definition) is 1. The molecule has 1 saturated heterocycles. The highest BCUT2D eigenvalue weighted by atomic mass is 32.2. The molecule has 106 valence electrons. The Morgan fingerprint density at radius 1 is 1.28 bits per heavy atom. The van der Waals surface area contributed by atoms with Crippen molar-refractivity contribution < 1.29 is 8.42 Å². The van der Waals surface area contributed by atoms with Crippen LogP contribution in [0.25, 0.3) is 0 Å². The summed E-state index contributed by atoms with van der Waals surface area (Å²) in [5.74, 6) is 0.238. The third-order valence-electron chi connectivity index (χ3n) is 3.90. The summed E-state index contributed by atoms with van der Waals surface area (Å²) in [6.07, 6.45) is 2.40. The Morgan fingerprint density at radius 3 is 2.56 bits per heavy atom. The van der Waals surface area contributed by atoms with Crippen LogP contribution in [0.5, 0.6) is 0 Å². The van der Waals surface area contributed by atoms with Gasteiger partial charge in [0, 0.05) is 38.3 Å². The van der Waals surface area contributed by atoms with Crippen LogP contribution < -0.4 is 5.32 Å². The Bertz CT molecular complexity index is 368. The molecule has 0 radical (unpaired) electrons. The van der Waals surface area contributed by atoms with Crippen LogP contribution in [0.15, 0.2) is 0 Å². The van der Waals surface area contributed by atoms with E-state index in [2.05, 4.69) is 24.1 Å². The van der Waals surface area contributed by atoms with Crippen molar-refractivity contribution in [3.8, 4) is 0 Å². The number of likely N-dealkylation sites (N-methyl/N-ethyl adjacent to an activating group) is 1. The molecule has 1 saturated carbocycles. The molecule has 6 heteroatoms. The van der Waals surface area contributed by atoms with E-state index in [9.17, 15) is 8.42 Å². The van der Waals surface area contributed by atoms with Gasteiger partial charge in [-0.1, -0.05) is 6.92 Å². The first-order valence-corrected chi connectivity index (χ1v) is 8.59. The van der Waals surface area contributed by atoms with Gasteiger partial charge >= 0.3 is 0 Å². The summed E-state index contributed by atoms with van der Waals surface area (Å²) in [7, 11) is -3.07. The van der Waals surface area contributed by atoms with Crippen LogP contribution in [0.2, 0.25) is 0 Å². The molecule has 1 atom stereocenters. The summed E-state index contributed by atoms with van der Waals surface area (Å²) in [6, 6.07) is 0.908. The zero-order valence-corrected chi connectivity index (χ0v) is 12.2. The maximum atomic E-state index is 12.2. The van der Waals surface area contributed by atoms with Crippen molar-refractivity contribution in [1.29, 1.82) is 0 Å². The van der Waals surface area contributed by atoms with Crippen molar-refractivity contribution in [2.24, 2.45) is 0 Å². The second-order valence-electron chi connectivity index (χ2n) is 5.38. The zero-order chi connectivity index (χ0) is 13.2. The van der Waals surface area contributed by atoms with Crippen molar-refractivity contribution in [3.63, 3.8) is 0 Å². The molecule has 2 aliphatic rings. The lowest BCUT2D eigenvalue weighted by atomic mass is 10.2. The predicted molar refractivity (Wildman–Crippen MR) is 73.1 cm³/mol. The van der Waals surface area contributed by atoms with Gasteiger partial charge in [0.1, 0.15) is 0 Å². The smallest absolute Gasteiger partial charge is 0.215 e. The Hall–Kier alpha value is -0.170. The minimum Gasteiger partial charge on any atom is -0.313 e. The SMILES string of the molecule is CCN1CCN(S(=O)(=O)CCNC2CC2)CC1C. The molecular formula is C12H25N3O2S. The maximum absolute atomic E-state index is 12.2. The summed E-state index contributed by atoms with van der Waals surface area (Å²) >= 11 is 0. The molecule has 0 amide bonds. The fourth-order valence-electron chi connectivity index (χ4n) is 2.49. The Kier molecular flexibility index (Phi) is 4.64. The molecule has 0 aromatic heterocycles. The highest BCUT2D eigenvalue weighted by molar-refractivity contribution is 7.89. The van der Waals surface area contributed by atoms with E-state index >= 15 is 0 Å². The second-order valence-corrected chi connectivity index (χ2v) is 7.47. The van der Waals surface area contributed by atoms with Crippen molar-refractivity contribution in [2.75, 3.05) is 38.5 Å². The van der Waals surface area contributed by atoms with Gasteiger partial charge < -0.3 is 5.32 Å². The average Bonchev–Trinajstić information content (AvgIpc) is 3.12. The summed E-state index contributed by atoms with van der Waals surface area (Å²) in [4.78, 5) is 2.33. The van der Waals surface area contributed by atoms with E-state index in [4.69, 9.17) is 0 Å². The highest BCUT2D eigenvalue weighted by Gasteiger charge is 2.30. The van der Waals surface area contributed by atoms with Crippen molar-refractivity contribution in [3.05, 3.63) is 0 Å². The fraction of sp³-hybridized carbons (Fsp3) is 1.00. The van der Waals surface area contributed by atoms with E-state index in [1.807, 2.05) is 0 Å². The summed E-state index contributed by atoms with van der Waals surface area (Å²) < 4.78 is 26.1.